The molecule has 0 radical (unpaired) electrons. The van der Waals surface area contributed by atoms with Gasteiger partial charge in [0.25, 0.3) is 0 Å². The van der Waals surface area contributed by atoms with Crippen LogP contribution in [0.2, 0.25) is 0 Å². The number of alkyl halides is 3. The Bertz CT molecular complexity index is 500. The fraction of sp³-hybridized carbons (Fsp3) is 0.867. The summed E-state index contributed by atoms with van der Waals surface area (Å²) < 4.78 is 32.0. The van der Waals surface area contributed by atoms with Crippen molar-refractivity contribution in [1.29, 1.82) is 0 Å². The van der Waals surface area contributed by atoms with E-state index in [-0.39, 0.29) is 23.7 Å². The molecule has 0 unspecified atom stereocenters. The fourth-order valence-electron chi connectivity index (χ4n) is 3.78. The molecular weight excluding hydrogens is 360 g/mol. The number of nitrogens with zero attached hydrogens (tertiary/aromatic N) is 1. The minimum Gasteiger partial charge on any atom is -0.464 e. The third kappa shape index (κ3) is 2.82. The topological polar surface area (TPSA) is 58.9 Å². The van der Waals surface area contributed by atoms with E-state index < -0.39 is 22.4 Å². The molecule has 3 rings (SSSR count). The number of carbonyl (C=O) groups excluding carboxylic acids is 1. The smallest absolute Gasteiger partial charge is 0.338 e. The highest BCUT2D eigenvalue weighted by Gasteiger charge is 2.62. The molecule has 1 N–H and O–H groups in total. The summed E-state index contributed by atoms with van der Waals surface area (Å²) in [6.45, 7) is 7.28. The SMILES string of the molecule is CCOC(=O)[C@H](N=C1C[C@@H]2C[C@@H](C2(C)C)[C@]1(C)O)C(F)(F)Br. The molecule has 4 nitrogen and oxygen atoms in total. The van der Waals surface area contributed by atoms with E-state index in [1.54, 1.807) is 13.8 Å². The van der Waals surface area contributed by atoms with Crippen LogP contribution in [0.15, 0.2) is 4.99 Å². The van der Waals surface area contributed by atoms with E-state index in [2.05, 4.69) is 39.5 Å². The van der Waals surface area contributed by atoms with Gasteiger partial charge in [-0.15, -0.1) is 0 Å². The van der Waals surface area contributed by atoms with Crippen LogP contribution in [-0.2, 0) is 9.53 Å². The van der Waals surface area contributed by atoms with E-state index in [0.717, 1.165) is 6.42 Å². The zero-order valence-electron chi connectivity index (χ0n) is 13.2. The van der Waals surface area contributed by atoms with Crippen LogP contribution >= 0.6 is 15.9 Å². The molecule has 3 aliphatic carbocycles. The highest BCUT2D eigenvalue weighted by atomic mass is 79.9. The molecule has 0 aromatic heterocycles. The minimum absolute atomic E-state index is 0.00204. The van der Waals surface area contributed by atoms with Gasteiger partial charge in [0, 0.05) is 5.71 Å². The van der Waals surface area contributed by atoms with Gasteiger partial charge in [0.2, 0.25) is 6.04 Å². The van der Waals surface area contributed by atoms with Gasteiger partial charge in [-0.2, -0.15) is 8.78 Å². The van der Waals surface area contributed by atoms with Gasteiger partial charge < -0.3 is 9.84 Å². The van der Waals surface area contributed by atoms with Gasteiger partial charge >= 0.3 is 10.8 Å². The first kappa shape index (κ1) is 17.8. The van der Waals surface area contributed by atoms with E-state index in [1.165, 1.54) is 0 Å². The van der Waals surface area contributed by atoms with Crippen molar-refractivity contribution >= 4 is 27.6 Å². The molecule has 0 aromatic carbocycles. The molecule has 0 aromatic rings. The van der Waals surface area contributed by atoms with Crippen molar-refractivity contribution in [2.45, 2.75) is 57.0 Å². The zero-order chi connectivity index (χ0) is 16.9. The van der Waals surface area contributed by atoms with Crippen molar-refractivity contribution in [2.24, 2.45) is 22.2 Å². The van der Waals surface area contributed by atoms with Gasteiger partial charge in [-0.05, 0) is 59.9 Å². The van der Waals surface area contributed by atoms with Crippen molar-refractivity contribution < 1.29 is 23.4 Å². The number of carbonyl (C=O) groups is 1. The standard InChI is InChI=1S/C15H22BrF2NO3/c1-5-22-12(20)11(15(16,17)18)19-10-7-8-6-9(13(8,2)3)14(10,4)21/h8-9,11,21H,5-7H2,1-4H3/t8-,9-,11-,14-/m0/s1. The Hall–Kier alpha value is -0.560. The number of aliphatic imine (C=N–C) groups is 1. The van der Waals surface area contributed by atoms with Crippen LogP contribution < -0.4 is 0 Å². The number of fused-ring (bicyclic) bond motifs is 2. The van der Waals surface area contributed by atoms with Gasteiger partial charge in [-0.25, -0.2) is 4.79 Å². The molecule has 7 heteroatoms. The van der Waals surface area contributed by atoms with Gasteiger partial charge in [0.05, 0.1) is 6.61 Å². The summed E-state index contributed by atoms with van der Waals surface area (Å²) in [5, 5.41) is 10.8. The molecule has 0 amide bonds. The summed E-state index contributed by atoms with van der Waals surface area (Å²) in [4.78, 5) is 12.2. The Balaban J connectivity index is 2.32. The molecule has 0 heterocycles. The lowest BCUT2D eigenvalue weighted by atomic mass is 9.44. The zero-order valence-corrected chi connectivity index (χ0v) is 14.8. The summed E-state index contributed by atoms with van der Waals surface area (Å²) in [6, 6.07) is -1.98. The number of hydrogen-bond donors (Lipinski definition) is 1. The summed E-state index contributed by atoms with van der Waals surface area (Å²) in [5.41, 5.74) is -1.05. The van der Waals surface area contributed by atoms with Crippen LogP contribution in [0.25, 0.3) is 0 Å². The van der Waals surface area contributed by atoms with E-state index >= 15 is 0 Å². The van der Waals surface area contributed by atoms with Crippen LogP contribution in [0.4, 0.5) is 8.78 Å². The lowest BCUT2D eigenvalue weighted by molar-refractivity contribution is -0.149. The predicted molar refractivity (Wildman–Crippen MR) is 82.3 cm³/mol. The first-order valence-corrected chi connectivity index (χ1v) is 8.24. The summed E-state index contributed by atoms with van der Waals surface area (Å²) in [5.74, 6) is -0.834. The first-order chi connectivity index (χ1) is 9.92. The molecule has 3 aliphatic rings. The quantitative estimate of drug-likeness (QED) is 0.600. The van der Waals surface area contributed by atoms with E-state index in [4.69, 9.17) is 0 Å². The van der Waals surface area contributed by atoms with Crippen molar-refractivity contribution in [3.05, 3.63) is 0 Å². The second-order valence-corrected chi connectivity index (χ2v) is 7.99. The largest absolute Gasteiger partial charge is 0.464 e. The molecule has 0 aliphatic heterocycles. The third-order valence-electron chi connectivity index (χ3n) is 5.28. The summed E-state index contributed by atoms with van der Waals surface area (Å²) >= 11 is 2.21. The highest BCUT2D eigenvalue weighted by molar-refractivity contribution is 9.10. The lowest BCUT2D eigenvalue weighted by Gasteiger charge is -2.62. The molecule has 3 fully saturated rings. The maximum Gasteiger partial charge on any atom is 0.338 e. The number of ether oxygens (including phenoxy) is 1. The first-order valence-electron chi connectivity index (χ1n) is 7.45. The maximum absolute atomic E-state index is 13.7. The van der Waals surface area contributed by atoms with Crippen molar-refractivity contribution in [1.82, 2.24) is 0 Å². The average molecular weight is 382 g/mol. The number of halogens is 3. The van der Waals surface area contributed by atoms with Crippen LogP contribution in [0.5, 0.6) is 0 Å². The maximum atomic E-state index is 13.7. The Morgan fingerprint density at radius 3 is 2.55 bits per heavy atom. The van der Waals surface area contributed by atoms with Gasteiger partial charge in [-0.3, -0.25) is 4.99 Å². The van der Waals surface area contributed by atoms with Crippen LogP contribution in [0.3, 0.4) is 0 Å². The fourth-order valence-corrected chi connectivity index (χ4v) is 4.07. The Labute approximate surface area is 137 Å². The molecule has 3 saturated carbocycles. The van der Waals surface area contributed by atoms with E-state index in [0.29, 0.717) is 12.3 Å². The van der Waals surface area contributed by atoms with Crippen LogP contribution in [-0.4, -0.2) is 39.9 Å². The van der Waals surface area contributed by atoms with E-state index in [9.17, 15) is 18.7 Å². The van der Waals surface area contributed by atoms with Crippen LogP contribution in [0, 0.1) is 17.3 Å². The van der Waals surface area contributed by atoms with Crippen molar-refractivity contribution in [2.75, 3.05) is 6.61 Å². The monoisotopic (exact) mass is 381 g/mol. The second kappa shape index (κ2) is 5.51. The third-order valence-corrected chi connectivity index (χ3v) is 5.71. The number of rotatable bonds is 4. The lowest BCUT2D eigenvalue weighted by Crippen LogP contribution is -2.65. The Morgan fingerprint density at radius 2 is 2.14 bits per heavy atom. The van der Waals surface area contributed by atoms with Crippen molar-refractivity contribution in [3.8, 4) is 0 Å². The molecule has 4 atom stereocenters. The average Bonchev–Trinajstić information content (AvgIpc) is 2.34. The minimum atomic E-state index is -3.51. The van der Waals surface area contributed by atoms with Gasteiger partial charge in [0.1, 0.15) is 5.60 Å². The number of hydrogen-bond acceptors (Lipinski definition) is 4. The number of esters is 1. The molecule has 2 bridgehead atoms. The molecular formula is C15H22BrF2NO3. The molecule has 0 spiro atoms. The van der Waals surface area contributed by atoms with Gasteiger partial charge in [-0.1, -0.05) is 13.8 Å². The normalized spacial score (nSPS) is 36.6. The van der Waals surface area contributed by atoms with Crippen LogP contribution in [0.1, 0.15) is 40.5 Å². The Morgan fingerprint density at radius 1 is 1.55 bits per heavy atom. The highest BCUT2D eigenvalue weighted by Crippen LogP contribution is 2.61. The molecule has 126 valence electrons. The molecule has 0 saturated heterocycles. The van der Waals surface area contributed by atoms with Crippen molar-refractivity contribution in [3.63, 3.8) is 0 Å². The Kier molecular flexibility index (Phi) is 4.46. The summed E-state index contributed by atoms with van der Waals surface area (Å²) in [7, 11) is 0. The number of aliphatic hydroxyl groups is 1. The van der Waals surface area contributed by atoms with Gasteiger partial charge in [0.15, 0.2) is 0 Å². The predicted octanol–water partition coefficient (Wildman–Crippen LogP) is 3.16. The van der Waals surface area contributed by atoms with E-state index in [1.807, 2.05) is 0 Å². The second-order valence-electron chi connectivity index (χ2n) is 6.93. The summed E-state index contributed by atoms with van der Waals surface area (Å²) in [6.07, 6.45) is 1.28. The molecule has 22 heavy (non-hydrogen) atoms.